The Morgan fingerprint density at radius 2 is 2.21 bits per heavy atom. The molecule has 2 aliphatic rings. The second-order valence-electron chi connectivity index (χ2n) is 4.09. The maximum atomic E-state index is 11.8. The second-order valence-corrected chi connectivity index (χ2v) is 4.09. The average molecular weight is 197 g/mol. The molecule has 14 heavy (non-hydrogen) atoms. The monoisotopic (exact) mass is 197 g/mol. The molecule has 0 radical (unpaired) electrons. The highest BCUT2D eigenvalue weighted by Gasteiger charge is 2.48. The Hall–Kier alpha value is -1.10. The standard InChI is InChI=1S/C9H15N3O2/c10-9(2-3-9)8(14)12-5-1-4-11-7(13)6-12/h1-6,10H2,(H,11,13). The summed E-state index contributed by atoms with van der Waals surface area (Å²) < 4.78 is 0. The average Bonchev–Trinajstić information content (AvgIpc) is 2.91. The van der Waals surface area contributed by atoms with Crippen LogP contribution in [0.5, 0.6) is 0 Å². The molecule has 0 aromatic rings. The van der Waals surface area contributed by atoms with Crippen LogP contribution in [0.15, 0.2) is 0 Å². The third-order valence-corrected chi connectivity index (χ3v) is 2.76. The Bertz CT molecular complexity index is 273. The predicted molar refractivity (Wildman–Crippen MR) is 50.4 cm³/mol. The van der Waals surface area contributed by atoms with Crippen LogP contribution in [0.1, 0.15) is 19.3 Å². The summed E-state index contributed by atoms with van der Waals surface area (Å²) in [5, 5.41) is 2.73. The molecule has 0 aromatic carbocycles. The van der Waals surface area contributed by atoms with E-state index in [1.165, 1.54) is 0 Å². The number of amides is 2. The minimum absolute atomic E-state index is 0.0606. The molecule has 0 unspecified atom stereocenters. The first-order chi connectivity index (χ1) is 6.62. The maximum Gasteiger partial charge on any atom is 0.243 e. The minimum Gasteiger partial charge on any atom is -0.354 e. The Morgan fingerprint density at radius 3 is 2.86 bits per heavy atom. The molecule has 1 aliphatic carbocycles. The van der Waals surface area contributed by atoms with Crippen molar-refractivity contribution in [1.29, 1.82) is 0 Å². The molecule has 1 saturated heterocycles. The van der Waals surface area contributed by atoms with Crippen LogP contribution >= 0.6 is 0 Å². The summed E-state index contributed by atoms with van der Waals surface area (Å²) in [5.74, 6) is -0.144. The highest BCUT2D eigenvalue weighted by molar-refractivity contribution is 5.92. The molecule has 78 valence electrons. The Morgan fingerprint density at radius 1 is 1.50 bits per heavy atom. The van der Waals surface area contributed by atoms with E-state index in [1.54, 1.807) is 4.90 Å². The van der Waals surface area contributed by atoms with Gasteiger partial charge in [0, 0.05) is 13.1 Å². The molecule has 2 fully saturated rings. The quantitative estimate of drug-likeness (QED) is 0.556. The Balaban J connectivity index is 2.01. The van der Waals surface area contributed by atoms with Crippen molar-refractivity contribution >= 4 is 11.8 Å². The summed E-state index contributed by atoms with van der Waals surface area (Å²) in [6.07, 6.45) is 2.32. The van der Waals surface area contributed by atoms with E-state index in [0.717, 1.165) is 19.3 Å². The van der Waals surface area contributed by atoms with Crippen molar-refractivity contribution in [3.05, 3.63) is 0 Å². The van der Waals surface area contributed by atoms with Crippen LogP contribution in [0.3, 0.4) is 0 Å². The van der Waals surface area contributed by atoms with Crippen molar-refractivity contribution in [3.8, 4) is 0 Å². The van der Waals surface area contributed by atoms with Gasteiger partial charge in [0.25, 0.3) is 0 Å². The fourth-order valence-corrected chi connectivity index (χ4v) is 1.64. The van der Waals surface area contributed by atoms with E-state index in [1.807, 2.05) is 0 Å². The lowest BCUT2D eigenvalue weighted by Gasteiger charge is -2.22. The van der Waals surface area contributed by atoms with Gasteiger partial charge in [-0.3, -0.25) is 9.59 Å². The molecule has 3 N–H and O–H groups in total. The summed E-state index contributed by atoms with van der Waals surface area (Å²) in [7, 11) is 0. The highest BCUT2D eigenvalue weighted by Crippen LogP contribution is 2.34. The summed E-state index contributed by atoms with van der Waals surface area (Å²) in [4.78, 5) is 24.6. The van der Waals surface area contributed by atoms with Gasteiger partial charge in [-0.05, 0) is 19.3 Å². The van der Waals surface area contributed by atoms with Gasteiger partial charge >= 0.3 is 0 Å². The lowest BCUT2D eigenvalue weighted by Crippen LogP contribution is -2.47. The SMILES string of the molecule is NC1(C(=O)N2CCCNC(=O)C2)CC1. The summed E-state index contributed by atoms with van der Waals surface area (Å²) in [6, 6.07) is 0. The van der Waals surface area contributed by atoms with E-state index in [4.69, 9.17) is 5.73 Å². The van der Waals surface area contributed by atoms with Gasteiger partial charge in [0.05, 0.1) is 12.1 Å². The van der Waals surface area contributed by atoms with E-state index in [-0.39, 0.29) is 18.4 Å². The van der Waals surface area contributed by atoms with Crippen LogP contribution in [-0.2, 0) is 9.59 Å². The van der Waals surface area contributed by atoms with Crippen molar-refractivity contribution in [1.82, 2.24) is 10.2 Å². The van der Waals surface area contributed by atoms with Crippen molar-refractivity contribution < 1.29 is 9.59 Å². The summed E-state index contributed by atoms with van der Waals surface area (Å²) in [6.45, 7) is 1.45. The zero-order valence-corrected chi connectivity index (χ0v) is 8.08. The topological polar surface area (TPSA) is 75.4 Å². The summed E-state index contributed by atoms with van der Waals surface area (Å²) in [5.41, 5.74) is 5.15. The fourth-order valence-electron chi connectivity index (χ4n) is 1.64. The van der Waals surface area contributed by atoms with Crippen molar-refractivity contribution in [2.75, 3.05) is 19.6 Å². The zero-order valence-electron chi connectivity index (χ0n) is 8.08. The minimum atomic E-state index is -0.648. The molecule has 1 aliphatic heterocycles. The van der Waals surface area contributed by atoms with E-state index >= 15 is 0 Å². The number of nitrogens with one attached hydrogen (secondary N) is 1. The molecule has 0 atom stereocenters. The smallest absolute Gasteiger partial charge is 0.243 e. The van der Waals surface area contributed by atoms with Gasteiger partial charge in [0.1, 0.15) is 0 Å². The molecule has 5 heteroatoms. The fraction of sp³-hybridized carbons (Fsp3) is 0.778. The third-order valence-electron chi connectivity index (χ3n) is 2.76. The normalized spacial score (nSPS) is 25.2. The number of hydrogen-bond acceptors (Lipinski definition) is 3. The first kappa shape index (κ1) is 9.45. The molecule has 0 aromatic heterocycles. The number of carbonyl (C=O) groups excluding carboxylic acids is 2. The predicted octanol–water partition coefficient (Wildman–Crippen LogP) is -1.17. The van der Waals surface area contributed by atoms with E-state index in [0.29, 0.717) is 13.1 Å². The lowest BCUT2D eigenvalue weighted by molar-refractivity contribution is -0.137. The zero-order chi connectivity index (χ0) is 10.2. The second kappa shape index (κ2) is 3.24. The van der Waals surface area contributed by atoms with Crippen LogP contribution < -0.4 is 11.1 Å². The molecule has 1 heterocycles. The number of nitrogens with two attached hydrogens (primary N) is 1. The first-order valence-corrected chi connectivity index (χ1v) is 4.97. The highest BCUT2D eigenvalue weighted by atomic mass is 16.2. The van der Waals surface area contributed by atoms with Crippen LogP contribution in [0.2, 0.25) is 0 Å². The van der Waals surface area contributed by atoms with Gasteiger partial charge < -0.3 is 16.0 Å². The number of carbonyl (C=O) groups is 2. The van der Waals surface area contributed by atoms with Gasteiger partial charge in [-0.1, -0.05) is 0 Å². The van der Waals surface area contributed by atoms with Crippen molar-refractivity contribution in [3.63, 3.8) is 0 Å². The van der Waals surface area contributed by atoms with Gasteiger partial charge in [0.15, 0.2) is 0 Å². The number of hydrogen-bond donors (Lipinski definition) is 2. The van der Waals surface area contributed by atoms with Gasteiger partial charge in [-0.2, -0.15) is 0 Å². The molecular weight excluding hydrogens is 182 g/mol. The Labute approximate surface area is 82.6 Å². The van der Waals surface area contributed by atoms with E-state index < -0.39 is 5.54 Å². The van der Waals surface area contributed by atoms with Crippen molar-refractivity contribution in [2.45, 2.75) is 24.8 Å². The van der Waals surface area contributed by atoms with Crippen LogP contribution in [0.4, 0.5) is 0 Å². The number of rotatable bonds is 1. The molecule has 5 nitrogen and oxygen atoms in total. The maximum absolute atomic E-state index is 11.8. The van der Waals surface area contributed by atoms with Gasteiger partial charge in [-0.15, -0.1) is 0 Å². The third kappa shape index (κ3) is 1.72. The van der Waals surface area contributed by atoms with Gasteiger partial charge in [0.2, 0.25) is 11.8 Å². The first-order valence-electron chi connectivity index (χ1n) is 4.97. The van der Waals surface area contributed by atoms with Crippen LogP contribution in [0, 0.1) is 0 Å². The van der Waals surface area contributed by atoms with E-state index in [9.17, 15) is 9.59 Å². The molecule has 1 saturated carbocycles. The molecule has 0 spiro atoms. The Kier molecular flexibility index (Phi) is 2.19. The van der Waals surface area contributed by atoms with Gasteiger partial charge in [-0.25, -0.2) is 0 Å². The molecular formula is C9H15N3O2. The lowest BCUT2D eigenvalue weighted by atomic mass is 10.2. The van der Waals surface area contributed by atoms with E-state index in [2.05, 4.69) is 5.32 Å². The van der Waals surface area contributed by atoms with Crippen LogP contribution in [0.25, 0.3) is 0 Å². The van der Waals surface area contributed by atoms with Crippen molar-refractivity contribution in [2.24, 2.45) is 5.73 Å². The molecule has 0 bridgehead atoms. The van der Waals surface area contributed by atoms with Crippen LogP contribution in [-0.4, -0.2) is 41.9 Å². The molecule has 2 amide bonds. The summed E-state index contributed by atoms with van der Waals surface area (Å²) >= 11 is 0. The number of nitrogens with zero attached hydrogens (tertiary/aromatic N) is 1. The largest absolute Gasteiger partial charge is 0.354 e. The molecule has 2 rings (SSSR count).